The molecule has 5 nitrogen and oxygen atoms in total. The van der Waals surface area contributed by atoms with Gasteiger partial charge in [0.1, 0.15) is 5.75 Å². The quantitative estimate of drug-likeness (QED) is 0.848. The van der Waals surface area contributed by atoms with Gasteiger partial charge in [-0.25, -0.2) is 0 Å². The summed E-state index contributed by atoms with van der Waals surface area (Å²) in [6.45, 7) is 4.33. The fourth-order valence-corrected chi connectivity index (χ4v) is 2.49. The zero-order valence-electron chi connectivity index (χ0n) is 14.5. The number of nitrogens with one attached hydrogen (secondary N) is 1. The van der Waals surface area contributed by atoms with E-state index in [2.05, 4.69) is 11.4 Å². The van der Waals surface area contributed by atoms with Crippen LogP contribution in [0.3, 0.4) is 0 Å². The van der Waals surface area contributed by atoms with E-state index in [-0.39, 0.29) is 12.5 Å². The highest BCUT2D eigenvalue weighted by Crippen LogP contribution is 2.26. The lowest BCUT2D eigenvalue weighted by Crippen LogP contribution is -2.29. The smallest absolute Gasteiger partial charge is 0.258 e. The van der Waals surface area contributed by atoms with Gasteiger partial charge in [0.2, 0.25) is 0 Å². The number of methoxy groups -OCH3 is 2. The van der Waals surface area contributed by atoms with Crippen LogP contribution in [0.5, 0.6) is 17.2 Å². The van der Waals surface area contributed by atoms with Crippen LogP contribution in [0, 0.1) is 13.8 Å². The molecule has 2 aromatic rings. The summed E-state index contributed by atoms with van der Waals surface area (Å²) in [4.78, 5) is 12.0. The first-order chi connectivity index (χ1) is 11.5. The highest BCUT2D eigenvalue weighted by Gasteiger charge is 2.11. The predicted molar refractivity (Wildman–Crippen MR) is 92.8 cm³/mol. The number of hydrogen-bond acceptors (Lipinski definition) is 4. The predicted octanol–water partition coefficient (Wildman–Crippen LogP) is 3.02. The van der Waals surface area contributed by atoms with Gasteiger partial charge in [0, 0.05) is 12.1 Å². The number of rotatable bonds is 7. The Hall–Kier alpha value is -2.69. The van der Waals surface area contributed by atoms with Crippen molar-refractivity contribution < 1.29 is 19.0 Å². The molecule has 0 saturated heterocycles. The third kappa shape index (κ3) is 4.41. The maximum absolute atomic E-state index is 12.0. The van der Waals surface area contributed by atoms with Crippen LogP contribution in [-0.4, -0.2) is 26.7 Å². The number of aryl methyl sites for hydroxylation is 2. The molecule has 0 heterocycles. The van der Waals surface area contributed by atoms with E-state index in [1.807, 2.05) is 32.0 Å². The topological polar surface area (TPSA) is 56.8 Å². The summed E-state index contributed by atoms with van der Waals surface area (Å²) < 4.78 is 16.1. The Labute approximate surface area is 142 Å². The van der Waals surface area contributed by atoms with Crippen molar-refractivity contribution in [1.82, 2.24) is 5.32 Å². The lowest BCUT2D eigenvalue weighted by atomic mass is 10.0. The summed E-state index contributed by atoms with van der Waals surface area (Å²) >= 11 is 0. The van der Waals surface area contributed by atoms with Gasteiger partial charge in [-0.1, -0.05) is 18.2 Å². The SMILES string of the molecule is COc1ccccc1OCC(=O)NCc1c(C)cc(C)cc1OC. The summed E-state index contributed by atoms with van der Waals surface area (Å²) in [6, 6.07) is 11.2. The van der Waals surface area contributed by atoms with Crippen LogP contribution in [0.4, 0.5) is 0 Å². The van der Waals surface area contributed by atoms with Gasteiger partial charge in [0.05, 0.1) is 14.2 Å². The Balaban J connectivity index is 1.94. The molecule has 128 valence electrons. The molecular weight excluding hydrogens is 306 g/mol. The van der Waals surface area contributed by atoms with Crippen LogP contribution in [0.2, 0.25) is 0 Å². The Bertz CT molecular complexity index is 713. The highest BCUT2D eigenvalue weighted by molar-refractivity contribution is 5.77. The van der Waals surface area contributed by atoms with E-state index < -0.39 is 0 Å². The first-order valence-electron chi connectivity index (χ1n) is 7.71. The van der Waals surface area contributed by atoms with E-state index in [1.54, 1.807) is 26.4 Å². The number of hydrogen-bond donors (Lipinski definition) is 1. The van der Waals surface area contributed by atoms with E-state index in [4.69, 9.17) is 14.2 Å². The lowest BCUT2D eigenvalue weighted by molar-refractivity contribution is -0.123. The van der Waals surface area contributed by atoms with Crippen molar-refractivity contribution in [3.05, 3.63) is 53.1 Å². The maximum Gasteiger partial charge on any atom is 0.258 e. The molecule has 1 N–H and O–H groups in total. The third-order valence-corrected chi connectivity index (χ3v) is 3.69. The molecule has 5 heteroatoms. The fourth-order valence-electron chi connectivity index (χ4n) is 2.49. The first-order valence-corrected chi connectivity index (χ1v) is 7.71. The van der Waals surface area contributed by atoms with Crippen molar-refractivity contribution in [2.75, 3.05) is 20.8 Å². The minimum atomic E-state index is -0.206. The Morgan fingerprint density at radius 2 is 1.67 bits per heavy atom. The molecule has 1 amide bonds. The molecule has 0 unspecified atom stereocenters. The van der Waals surface area contributed by atoms with Crippen LogP contribution in [-0.2, 0) is 11.3 Å². The van der Waals surface area contributed by atoms with Gasteiger partial charge >= 0.3 is 0 Å². The molecule has 2 aromatic carbocycles. The zero-order valence-corrected chi connectivity index (χ0v) is 14.5. The van der Waals surface area contributed by atoms with Crippen molar-refractivity contribution in [2.45, 2.75) is 20.4 Å². The average Bonchev–Trinajstić information content (AvgIpc) is 2.58. The van der Waals surface area contributed by atoms with Crippen LogP contribution in [0.1, 0.15) is 16.7 Å². The van der Waals surface area contributed by atoms with Crippen LogP contribution in [0.25, 0.3) is 0 Å². The minimum absolute atomic E-state index is 0.0758. The molecule has 0 fully saturated rings. The summed E-state index contributed by atoms with van der Waals surface area (Å²) in [6.07, 6.45) is 0. The van der Waals surface area contributed by atoms with Crippen LogP contribution in [0.15, 0.2) is 36.4 Å². The number of ether oxygens (including phenoxy) is 3. The maximum atomic E-state index is 12.0. The first kappa shape index (κ1) is 17.7. The van der Waals surface area contributed by atoms with Gasteiger partial charge < -0.3 is 19.5 Å². The van der Waals surface area contributed by atoms with E-state index in [1.165, 1.54) is 0 Å². The van der Waals surface area contributed by atoms with Crippen molar-refractivity contribution in [1.29, 1.82) is 0 Å². The van der Waals surface area contributed by atoms with Gasteiger partial charge in [-0.05, 0) is 43.2 Å². The largest absolute Gasteiger partial charge is 0.496 e. The van der Waals surface area contributed by atoms with Crippen molar-refractivity contribution in [2.24, 2.45) is 0 Å². The molecule has 0 bridgehead atoms. The van der Waals surface area contributed by atoms with Gasteiger partial charge in [-0.15, -0.1) is 0 Å². The summed E-state index contributed by atoms with van der Waals surface area (Å²) in [5.74, 6) is 1.71. The normalized spacial score (nSPS) is 10.2. The lowest BCUT2D eigenvalue weighted by Gasteiger charge is -2.14. The fraction of sp³-hybridized carbons (Fsp3) is 0.316. The van der Waals surface area contributed by atoms with Gasteiger partial charge in [-0.3, -0.25) is 4.79 Å². The molecular formula is C19H23NO4. The number of carbonyl (C=O) groups excluding carboxylic acids is 1. The average molecular weight is 329 g/mol. The molecule has 0 aromatic heterocycles. The van der Waals surface area contributed by atoms with Crippen LogP contribution < -0.4 is 19.5 Å². The molecule has 0 saturated carbocycles. The monoisotopic (exact) mass is 329 g/mol. The number of carbonyl (C=O) groups is 1. The van der Waals surface area contributed by atoms with Gasteiger partial charge in [0.15, 0.2) is 18.1 Å². The highest BCUT2D eigenvalue weighted by atomic mass is 16.5. The second kappa shape index (κ2) is 8.24. The van der Waals surface area contributed by atoms with Crippen molar-refractivity contribution in [3.8, 4) is 17.2 Å². The molecule has 2 rings (SSSR count). The molecule has 0 aliphatic rings. The Morgan fingerprint density at radius 1 is 1.00 bits per heavy atom. The number of benzene rings is 2. The second-order valence-corrected chi connectivity index (χ2v) is 5.48. The standard InChI is InChI=1S/C19H23NO4/c1-13-9-14(2)15(18(10-13)23-4)11-20-19(21)12-24-17-8-6-5-7-16(17)22-3/h5-10H,11-12H2,1-4H3,(H,20,21). The Morgan fingerprint density at radius 3 is 2.33 bits per heavy atom. The van der Waals surface area contributed by atoms with E-state index in [0.29, 0.717) is 18.0 Å². The van der Waals surface area contributed by atoms with Gasteiger partial charge in [-0.2, -0.15) is 0 Å². The molecule has 0 spiro atoms. The zero-order chi connectivity index (χ0) is 17.5. The minimum Gasteiger partial charge on any atom is -0.496 e. The summed E-state index contributed by atoms with van der Waals surface area (Å²) in [5, 5.41) is 2.86. The molecule has 24 heavy (non-hydrogen) atoms. The Kier molecular flexibility index (Phi) is 6.07. The van der Waals surface area contributed by atoms with E-state index in [9.17, 15) is 4.79 Å². The van der Waals surface area contributed by atoms with E-state index >= 15 is 0 Å². The third-order valence-electron chi connectivity index (χ3n) is 3.69. The molecule has 0 atom stereocenters. The van der Waals surface area contributed by atoms with Gasteiger partial charge in [0.25, 0.3) is 5.91 Å². The molecule has 0 aliphatic carbocycles. The van der Waals surface area contributed by atoms with Crippen molar-refractivity contribution in [3.63, 3.8) is 0 Å². The summed E-state index contributed by atoms with van der Waals surface area (Å²) in [5.41, 5.74) is 3.17. The van der Waals surface area contributed by atoms with Crippen molar-refractivity contribution >= 4 is 5.91 Å². The molecule has 0 aliphatic heterocycles. The number of amides is 1. The summed E-state index contributed by atoms with van der Waals surface area (Å²) in [7, 11) is 3.19. The molecule has 0 radical (unpaired) electrons. The van der Waals surface area contributed by atoms with Crippen LogP contribution >= 0.6 is 0 Å². The second-order valence-electron chi connectivity index (χ2n) is 5.48. The van der Waals surface area contributed by atoms with E-state index in [0.717, 1.165) is 22.4 Å². The number of para-hydroxylation sites is 2.